The van der Waals surface area contributed by atoms with Gasteiger partial charge in [-0.2, -0.15) is 0 Å². The van der Waals surface area contributed by atoms with Crippen LogP contribution in [0.2, 0.25) is 0 Å². The van der Waals surface area contributed by atoms with E-state index in [1.165, 1.54) is 13.2 Å². The Hall–Kier alpha value is -3.85. The molecule has 33 heavy (non-hydrogen) atoms. The Balaban J connectivity index is 1.35. The van der Waals surface area contributed by atoms with Gasteiger partial charge in [-0.05, 0) is 35.9 Å². The van der Waals surface area contributed by atoms with E-state index in [1.54, 1.807) is 36.4 Å². The number of amidine groups is 1. The molecule has 0 saturated carbocycles. The SMILES string of the molecule is COc1cc(C(=O)OCCN=C2NS(=O)(=O)c3ccccc32)ccc1OCc1ccccc1. The maximum absolute atomic E-state index is 12.4. The minimum absolute atomic E-state index is 0.0131. The van der Waals surface area contributed by atoms with Crippen molar-refractivity contribution in [1.29, 1.82) is 0 Å². The maximum atomic E-state index is 12.4. The highest BCUT2D eigenvalue weighted by molar-refractivity contribution is 7.90. The Kier molecular flexibility index (Phi) is 6.60. The second kappa shape index (κ2) is 9.74. The monoisotopic (exact) mass is 466 g/mol. The van der Waals surface area contributed by atoms with Gasteiger partial charge in [-0.3, -0.25) is 9.71 Å². The number of methoxy groups -OCH3 is 1. The molecule has 0 saturated heterocycles. The molecular formula is C24H22N2O6S. The zero-order valence-corrected chi connectivity index (χ0v) is 18.7. The van der Waals surface area contributed by atoms with E-state index in [0.29, 0.717) is 29.2 Å². The van der Waals surface area contributed by atoms with Gasteiger partial charge in [0.05, 0.1) is 24.1 Å². The molecule has 0 amide bonds. The topological polar surface area (TPSA) is 103 Å². The van der Waals surface area contributed by atoms with Crippen LogP contribution in [-0.2, 0) is 21.4 Å². The Morgan fingerprint density at radius 3 is 2.52 bits per heavy atom. The number of nitrogens with one attached hydrogen (secondary N) is 1. The van der Waals surface area contributed by atoms with E-state index < -0.39 is 16.0 Å². The summed E-state index contributed by atoms with van der Waals surface area (Å²) in [4.78, 5) is 16.8. The number of ether oxygens (including phenoxy) is 3. The summed E-state index contributed by atoms with van der Waals surface area (Å²) < 4.78 is 43.0. The van der Waals surface area contributed by atoms with Crippen LogP contribution in [-0.4, -0.2) is 40.5 Å². The summed E-state index contributed by atoms with van der Waals surface area (Å²) in [6, 6.07) is 21.1. The standard InChI is InChI=1S/C24H22N2O6S/c1-30-21-15-18(11-12-20(21)32-16-17-7-3-2-4-8-17)24(27)31-14-13-25-23-19-9-5-6-10-22(19)33(28,29)26-23/h2-12,15H,13-14,16H2,1H3,(H,25,26). The van der Waals surface area contributed by atoms with Gasteiger partial charge in [-0.25, -0.2) is 13.2 Å². The Morgan fingerprint density at radius 1 is 0.970 bits per heavy atom. The lowest BCUT2D eigenvalue weighted by molar-refractivity contribution is 0.0516. The van der Waals surface area contributed by atoms with Gasteiger partial charge < -0.3 is 14.2 Å². The Bertz CT molecular complexity index is 1290. The number of hydrogen-bond donors (Lipinski definition) is 1. The molecule has 3 aromatic carbocycles. The molecule has 4 rings (SSSR count). The van der Waals surface area contributed by atoms with Crippen LogP contribution in [0.3, 0.4) is 0 Å². The van der Waals surface area contributed by atoms with Crippen LogP contribution in [0.1, 0.15) is 21.5 Å². The van der Waals surface area contributed by atoms with Crippen molar-refractivity contribution in [2.75, 3.05) is 20.3 Å². The zero-order valence-electron chi connectivity index (χ0n) is 17.9. The number of rotatable bonds is 8. The van der Waals surface area contributed by atoms with E-state index in [9.17, 15) is 13.2 Å². The van der Waals surface area contributed by atoms with Crippen LogP contribution in [0.15, 0.2) is 82.7 Å². The fourth-order valence-electron chi connectivity index (χ4n) is 3.28. The average molecular weight is 467 g/mol. The first-order valence-electron chi connectivity index (χ1n) is 10.2. The van der Waals surface area contributed by atoms with Crippen molar-refractivity contribution < 1.29 is 27.4 Å². The molecule has 1 aliphatic heterocycles. The van der Waals surface area contributed by atoms with Gasteiger partial charge in [0.1, 0.15) is 19.0 Å². The molecule has 0 spiro atoms. The lowest BCUT2D eigenvalue weighted by atomic mass is 10.2. The minimum atomic E-state index is -3.60. The first kappa shape index (κ1) is 22.3. The highest BCUT2D eigenvalue weighted by Gasteiger charge is 2.29. The number of carbonyl (C=O) groups excluding carboxylic acids is 1. The zero-order chi connectivity index (χ0) is 23.3. The number of sulfonamides is 1. The fraction of sp³-hybridized carbons (Fsp3) is 0.167. The summed E-state index contributed by atoms with van der Waals surface area (Å²) in [5.74, 6) is 0.618. The van der Waals surface area contributed by atoms with E-state index in [-0.39, 0.29) is 23.9 Å². The number of esters is 1. The van der Waals surface area contributed by atoms with E-state index >= 15 is 0 Å². The molecule has 1 N–H and O–H groups in total. The summed E-state index contributed by atoms with van der Waals surface area (Å²) >= 11 is 0. The number of nitrogens with zero attached hydrogens (tertiary/aromatic N) is 1. The molecule has 0 aromatic heterocycles. The third-order valence-electron chi connectivity index (χ3n) is 4.89. The number of hydrogen-bond acceptors (Lipinski definition) is 7. The molecule has 0 unspecified atom stereocenters. The predicted octanol–water partition coefficient (Wildman–Crippen LogP) is 3.17. The van der Waals surface area contributed by atoms with Crippen molar-refractivity contribution in [3.05, 3.63) is 89.5 Å². The van der Waals surface area contributed by atoms with E-state index in [4.69, 9.17) is 14.2 Å². The minimum Gasteiger partial charge on any atom is -0.493 e. The average Bonchev–Trinajstić information content (AvgIpc) is 3.11. The van der Waals surface area contributed by atoms with Gasteiger partial charge in [0.2, 0.25) is 0 Å². The molecule has 3 aromatic rings. The van der Waals surface area contributed by atoms with E-state index in [1.807, 2.05) is 30.3 Å². The third-order valence-corrected chi connectivity index (χ3v) is 6.29. The summed E-state index contributed by atoms with van der Waals surface area (Å²) in [6.07, 6.45) is 0. The second-order valence-electron chi connectivity index (χ2n) is 7.11. The smallest absolute Gasteiger partial charge is 0.338 e. The fourth-order valence-corrected chi connectivity index (χ4v) is 4.53. The van der Waals surface area contributed by atoms with Gasteiger partial charge in [0.25, 0.3) is 10.0 Å². The van der Waals surface area contributed by atoms with E-state index in [0.717, 1.165) is 5.56 Å². The van der Waals surface area contributed by atoms with Crippen molar-refractivity contribution in [2.45, 2.75) is 11.5 Å². The van der Waals surface area contributed by atoms with E-state index in [2.05, 4.69) is 9.71 Å². The van der Waals surface area contributed by atoms with Gasteiger partial charge in [0.15, 0.2) is 11.5 Å². The molecular weight excluding hydrogens is 444 g/mol. The predicted molar refractivity (Wildman–Crippen MR) is 122 cm³/mol. The van der Waals surface area contributed by atoms with Gasteiger partial charge in [-0.1, -0.05) is 42.5 Å². The highest BCUT2D eigenvalue weighted by atomic mass is 32.2. The largest absolute Gasteiger partial charge is 0.493 e. The first-order valence-corrected chi connectivity index (χ1v) is 11.6. The number of aliphatic imine (C=N–C) groups is 1. The van der Waals surface area contributed by atoms with Gasteiger partial charge >= 0.3 is 5.97 Å². The van der Waals surface area contributed by atoms with Gasteiger partial charge in [-0.15, -0.1) is 0 Å². The molecule has 1 aliphatic rings. The van der Waals surface area contributed by atoms with Crippen molar-refractivity contribution in [3.8, 4) is 11.5 Å². The molecule has 8 nitrogen and oxygen atoms in total. The van der Waals surface area contributed by atoms with Crippen LogP contribution >= 0.6 is 0 Å². The quantitative estimate of drug-likeness (QED) is 0.404. The number of benzene rings is 3. The van der Waals surface area contributed by atoms with Crippen LogP contribution in [0, 0.1) is 0 Å². The van der Waals surface area contributed by atoms with Crippen molar-refractivity contribution >= 4 is 21.8 Å². The Labute approximate surface area is 191 Å². The van der Waals surface area contributed by atoms with Crippen LogP contribution in [0.25, 0.3) is 0 Å². The summed E-state index contributed by atoms with van der Waals surface area (Å²) in [5, 5.41) is 0. The van der Waals surface area contributed by atoms with Crippen molar-refractivity contribution in [1.82, 2.24) is 4.72 Å². The Morgan fingerprint density at radius 2 is 1.73 bits per heavy atom. The summed E-state index contributed by atoms with van der Waals surface area (Å²) in [6.45, 7) is 0.461. The van der Waals surface area contributed by atoms with Crippen LogP contribution in [0.4, 0.5) is 0 Å². The summed E-state index contributed by atoms with van der Waals surface area (Å²) in [5.41, 5.74) is 1.81. The molecule has 170 valence electrons. The van der Waals surface area contributed by atoms with Crippen molar-refractivity contribution in [3.63, 3.8) is 0 Å². The molecule has 0 aliphatic carbocycles. The lowest BCUT2D eigenvalue weighted by Crippen LogP contribution is -2.23. The first-order chi connectivity index (χ1) is 16.0. The maximum Gasteiger partial charge on any atom is 0.338 e. The van der Waals surface area contributed by atoms with Gasteiger partial charge in [0, 0.05) is 5.56 Å². The highest BCUT2D eigenvalue weighted by Crippen LogP contribution is 2.29. The number of carbonyl (C=O) groups is 1. The molecule has 0 atom stereocenters. The lowest BCUT2D eigenvalue weighted by Gasteiger charge is -2.12. The molecule has 1 heterocycles. The third kappa shape index (κ3) is 5.15. The normalized spacial score (nSPS) is 14.9. The molecule has 0 radical (unpaired) electrons. The number of fused-ring (bicyclic) bond motifs is 1. The van der Waals surface area contributed by atoms with Crippen LogP contribution < -0.4 is 14.2 Å². The summed E-state index contributed by atoms with van der Waals surface area (Å²) in [7, 11) is -2.10. The van der Waals surface area contributed by atoms with Crippen molar-refractivity contribution in [2.24, 2.45) is 4.99 Å². The molecule has 0 fully saturated rings. The van der Waals surface area contributed by atoms with Crippen LogP contribution in [0.5, 0.6) is 11.5 Å². The molecule has 0 bridgehead atoms. The second-order valence-corrected chi connectivity index (χ2v) is 8.76. The molecule has 9 heteroatoms.